The first kappa shape index (κ1) is 23.4. The van der Waals surface area contributed by atoms with Gasteiger partial charge in [0.15, 0.2) is 5.96 Å². The predicted octanol–water partition coefficient (Wildman–Crippen LogP) is 2.62. The Morgan fingerprint density at radius 1 is 1.00 bits per heavy atom. The Hall–Kier alpha value is -2.86. The van der Waals surface area contributed by atoms with Gasteiger partial charge in [-0.1, -0.05) is 42.5 Å². The molecule has 2 N–H and O–H groups in total. The normalized spacial score (nSPS) is 12.5. The maximum atomic E-state index is 12.1. The average molecular weight is 410 g/mol. The van der Waals surface area contributed by atoms with E-state index in [1.807, 2.05) is 30.3 Å². The van der Waals surface area contributed by atoms with Gasteiger partial charge in [-0.3, -0.25) is 14.7 Å². The Bertz CT molecular complexity index is 819. The van der Waals surface area contributed by atoms with E-state index in [9.17, 15) is 4.79 Å². The summed E-state index contributed by atoms with van der Waals surface area (Å²) in [7, 11) is 7.45. The molecule has 0 saturated carbocycles. The minimum absolute atomic E-state index is 0.0240. The zero-order chi connectivity index (χ0) is 21.9. The number of likely N-dealkylation sites (N-methyl/N-ethyl adjacent to an activating group) is 1. The number of carbonyl (C=O) groups is 1. The summed E-state index contributed by atoms with van der Waals surface area (Å²) in [4.78, 5) is 20.4. The molecule has 0 heterocycles. The number of benzene rings is 2. The van der Waals surface area contributed by atoms with E-state index in [-0.39, 0.29) is 5.91 Å². The van der Waals surface area contributed by atoms with Crippen molar-refractivity contribution >= 4 is 11.9 Å². The molecule has 0 aliphatic heterocycles. The third-order valence-corrected chi connectivity index (χ3v) is 5.10. The van der Waals surface area contributed by atoms with Gasteiger partial charge < -0.3 is 15.5 Å². The van der Waals surface area contributed by atoms with E-state index in [0.29, 0.717) is 6.04 Å². The molecule has 2 rings (SSSR count). The van der Waals surface area contributed by atoms with Crippen molar-refractivity contribution < 1.29 is 4.79 Å². The highest BCUT2D eigenvalue weighted by atomic mass is 16.2. The molecule has 1 unspecified atom stereocenters. The van der Waals surface area contributed by atoms with Gasteiger partial charge in [-0.2, -0.15) is 0 Å². The van der Waals surface area contributed by atoms with Crippen LogP contribution < -0.4 is 10.6 Å². The average Bonchev–Trinajstić information content (AvgIpc) is 2.76. The molecule has 0 aliphatic carbocycles. The molecular formula is C24H35N5O. The molecular weight excluding hydrogens is 374 g/mol. The quantitative estimate of drug-likeness (QED) is 0.494. The van der Waals surface area contributed by atoms with Crippen molar-refractivity contribution in [3.8, 4) is 0 Å². The highest BCUT2D eigenvalue weighted by Gasteiger charge is 2.11. The third kappa shape index (κ3) is 7.52. The summed E-state index contributed by atoms with van der Waals surface area (Å²) in [5.74, 6) is 0.811. The van der Waals surface area contributed by atoms with Crippen LogP contribution in [0.25, 0.3) is 0 Å². The second-order valence-electron chi connectivity index (χ2n) is 7.78. The van der Waals surface area contributed by atoms with Crippen LogP contribution in [-0.4, -0.2) is 69.0 Å². The molecule has 0 radical (unpaired) electrons. The first-order valence-corrected chi connectivity index (χ1v) is 10.4. The Labute approximate surface area is 181 Å². The predicted molar refractivity (Wildman–Crippen MR) is 125 cm³/mol. The number of carbonyl (C=O) groups excluding carboxylic acids is 1. The van der Waals surface area contributed by atoms with Crippen LogP contribution in [0.3, 0.4) is 0 Å². The SMILES string of the molecule is CN=C(NCCc1cccc(C(=O)N(C)C)c1)NCC(C)N(C)Cc1ccccc1. The Balaban J connectivity index is 1.77. The zero-order valence-corrected chi connectivity index (χ0v) is 18.9. The number of nitrogens with one attached hydrogen (secondary N) is 2. The van der Waals surface area contributed by atoms with E-state index >= 15 is 0 Å². The molecule has 162 valence electrons. The Morgan fingerprint density at radius 2 is 1.70 bits per heavy atom. The fourth-order valence-electron chi connectivity index (χ4n) is 3.09. The van der Waals surface area contributed by atoms with Crippen molar-refractivity contribution in [1.82, 2.24) is 20.4 Å². The van der Waals surface area contributed by atoms with Crippen LogP contribution >= 0.6 is 0 Å². The molecule has 2 aromatic carbocycles. The van der Waals surface area contributed by atoms with Crippen LogP contribution in [0.2, 0.25) is 0 Å². The van der Waals surface area contributed by atoms with Gasteiger partial charge in [0.05, 0.1) is 0 Å². The molecule has 0 fully saturated rings. The number of aliphatic imine (C=N–C) groups is 1. The molecule has 2 aromatic rings. The minimum atomic E-state index is 0.0240. The van der Waals surface area contributed by atoms with Crippen LogP contribution in [0.15, 0.2) is 59.6 Å². The van der Waals surface area contributed by atoms with Crippen molar-refractivity contribution in [1.29, 1.82) is 0 Å². The van der Waals surface area contributed by atoms with Crippen LogP contribution in [0, 0.1) is 0 Å². The van der Waals surface area contributed by atoms with Gasteiger partial charge in [0, 0.05) is 52.4 Å². The van der Waals surface area contributed by atoms with Gasteiger partial charge in [-0.05, 0) is 43.7 Å². The van der Waals surface area contributed by atoms with Gasteiger partial charge in [0.1, 0.15) is 0 Å². The second-order valence-corrected chi connectivity index (χ2v) is 7.78. The van der Waals surface area contributed by atoms with Crippen LogP contribution in [0.5, 0.6) is 0 Å². The monoisotopic (exact) mass is 409 g/mol. The first-order valence-electron chi connectivity index (χ1n) is 10.4. The fourth-order valence-corrected chi connectivity index (χ4v) is 3.09. The summed E-state index contributed by atoms with van der Waals surface area (Å²) < 4.78 is 0. The lowest BCUT2D eigenvalue weighted by atomic mass is 10.1. The van der Waals surface area contributed by atoms with Crippen molar-refractivity contribution in [2.75, 3.05) is 41.3 Å². The summed E-state index contributed by atoms with van der Waals surface area (Å²) in [5, 5.41) is 6.76. The number of rotatable bonds is 9. The number of amides is 1. The van der Waals surface area contributed by atoms with Gasteiger partial charge in [0.2, 0.25) is 0 Å². The van der Waals surface area contributed by atoms with E-state index in [1.54, 1.807) is 26.0 Å². The van der Waals surface area contributed by atoms with Crippen molar-refractivity contribution in [3.63, 3.8) is 0 Å². The molecule has 0 spiro atoms. The number of hydrogen-bond acceptors (Lipinski definition) is 3. The lowest BCUT2D eigenvalue weighted by Gasteiger charge is -2.25. The van der Waals surface area contributed by atoms with Gasteiger partial charge in [-0.25, -0.2) is 0 Å². The summed E-state index contributed by atoms with van der Waals surface area (Å²) in [5.41, 5.74) is 3.15. The minimum Gasteiger partial charge on any atom is -0.356 e. The molecule has 30 heavy (non-hydrogen) atoms. The van der Waals surface area contributed by atoms with Gasteiger partial charge in [0.25, 0.3) is 5.91 Å². The van der Waals surface area contributed by atoms with Crippen molar-refractivity contribution in [2.45, 2.75) is 25.9 Å². The van der Waals surface area contributed by atoms with Crippen LogP contribution in [0.4, 0.5) is 0 Å². The lowest BCUT2D eigenvalue weighted by molar-refractivity contribution is 0.0827. The number of guanidine groups is 1. The standard InChI is InChI=1S/C24H35N5O/c1-19(29(5)18-21-10-7-6-8-11-21)17-27-24(25-2)26-15-14-20-12-9-13-22(16-20)23(30)28(3)4/h6-13,16,19H,14-15,17-18H2,1-5H3,(H2,25,26,27). The van der Waals surface area contributed by atoms with E-state index in [2.05, 4.69) is 58.8 Å². The molecule has 0 bridgehead atoms. The van der Waals surface area contributed by atoms with Gasteiger partial charge >= 0.3 is 0 Å². The first-order chi connectivity index (χ1) is 14.4. The van der Waals surface area contributed by atoms with Crippen LogP contribution in [0.1, 0.15) is 28.4 Å². The summed E-state index contributed by atoms with van der Waals surface area (Å²) in [6.45, 7) is 4.66. The van der Waals surface area contributed by atoms with Crippen LogP contribution in [-0.2, 0) is 13.0 Å². The largest absolute Gasteiger partial charge is 0.356 e. The summed E-state index contributed by atoms with van der Waals surface area (Å²) >= 11 is 0. The number of hydrogen-bond donors (Lipinski definition) is 2. The fraction of sp³-hybridized carbons (Fsp3) is 0.417. The van der Waals surface area contributed by atoms with Gasteiger partial charge in [-0.15, -0.1) is 0 Å². The highest BCUT2D eigenvalue weighted by Crippen LogP contribution is 2.08. The topological polar surface area (TPSA) is 60.0 Å². The zero-order valence-electron chi connectivity index (χ0n) is 18.9. The molecule has 6 heteroatoms. The maximum absolute atomic E-state index is 12.1. The van der Waals surface area contributed by atoms with E-state index < -0.39 is 0 Å². The summed E-state index contributed by atoms with van der Waals surface area (Å²) in [6.07, 6.45) is 0.818. The molecule has 1 amide bonds. The molecule has 1 atom stereocenters. The smallest absolute Gasteiger partial charge is 0.253 e. The highest BCUT2D eigenvalue weighted by molar-refractivity contribution is 5.94. The van der Waals surface area contributed by atoms with E-state index in [1.165, 1.54) is 5.56 Å². The Kier molecular flexibility index (Phi) is 9.35. The lowest BCUT2D eigenvalue weighted by Crippen LogP contribution is -2.45. The van der Waals surface area contributed by atoms with E-state index in [4.69, 9.17) is 0 Å². The molecule has 0 saturated heterocycles. The maximum Gasteiger partial charge on any atom is 0.253 e. The van der Waals surface area contributed by atoms with Crippen molar-refractivity contribution in [3.05, 3.63) is 71.3 Å². The molecule has 0 aliphatic rings. The van der Waals surface area contributed by atoms with E-state index in [0.717, 1.165) is 43.1 Å². The Morgan fingerprint density at radius 3 is 2.37 bits per heavy atom. The number of nitrogens with zero attached hydrogens (tertiary/aromatic N) is 3. The third-order valence-electron chi connectivity index (χ3n) is 5.10. The molecule has 6 nitrogen and oxygen atoms in total. The summed E-state index contributed by atoms with van der Waals surface area (Å²) in [6, 6.07) is 18.6. The van der Waals surface area contributed by atoms with Crippen molar-refractivity contribution in [2.24, 2.45) is 4.99 Å². The second kappa shape index (κ2) is 12.0. The molecule has 0 aromatic heterocycles.